The molecule has 0 atom stereocenters. The van der Waals surface area contributed by atoms with Gasteiger partial charge in [-0.3, -0.25) is 4.90 Å². The van der Waals surface area contributed by atoms with E-state index in [4.69, 9.17) is 21.1 Å². The second-order valence-electron chi connectivity index (χ2n) is 5.73. The Hall–Kier alpha value is -0.770. The molecule has 0 unspecified atom stereocenters. The molecule has 0 aliphatic carbocycles. The van der Waals surface area contributed by atoms with Crippen LogP contribution in [0, 0.1) is 13.8 Å². The Morgan fingerprint density at radius 3 is 2.43 bits per heavy atom. The maximum Gasteiger partial charge on any atom is 0.125 e. The number of aryl methyl sites for hydroxylation is 2. The molecule has 1 aliphatic rings. The largest absolute Gasteiger partial charge is 0.493 e. The second kappa shape index (κ2) is 8.62. The highest BCUT2D eigenvalue weighted by Crippen LogP contribution is 2.27. The summed E-state index contributed by atoms with van der Waals surface area (Å²) in [4.78, 5) is 2.48. The molecule has 1 aromatic rings. The van der Waals surface area contributed by atoms with Crippen LogP contribution in [0.1, 0.15) is 30.4 Å². The van der Waals surface area contributed by atoms with E-state index >= 15 is 0 Å². The molecule has 1 aliphatic heterocycles. The van der Waals surface area contributed by atoms with Gasteiger partial charge < -0.3 is 9.47 Å². The molecule has 0 amide bonds. The Morgan fingerprint density at radius 1 is 1.10 bits per heavy atom. The number of ether oxygens (including phenoxy) is 2. The monoisotopic (exact) mass is 311 g/mol. The summed E-state index contributed by atoms with van der Waals surface area (Å²) in [5, 5.41) is 0.780. The Kier molecular flexibility index (Phi) is 6.81. The Morgan fingerprint density at radius 2 is 1.76 bits per heavy atom. The van der Waals surface area contributed by atoms with Crippen LogP contribution in [0.15, 0.2) is 12.1 Å². The van der Waals surface area contributed by atoms with Gasteiger partial charge in [-0.2, -0.15) is 0 Å². The first kappa shape index (κ1) is 16.6. The Bertz CT molecular complexity index is 421. The lowest BCUT2D eigenvalue weighted by atomic mass is 10.1. The number of rotatable bonds is 7. The van der Waals surface area contributed by atoms with E-state index in [-0.39, 0.29) is 0 Å². The van der Waals surface area contributed by atoms with Crippen molar-refractivity contribution in [1.29, 1.82) is 0 Å². The fraction of sp³-hybridized carbons (Fsp3) is 0.647. The van der Waals surface area contributed by atoms with E-state index in [2.05, 4.69) is 4.90 Å². The number of benzene rings is 1. The third-order valence-corrected chi connectivity index (χ3v) is 4.11. The standard InChI is InChI=1S/C17H26ClNO2/c1-14-12-16(18)13-15(2)17(14)21-9-5-3-4-6-19-7-10-20-11-8-19/h12-13H,3-11H2,1-2H3. The van der Waals surface area contributed by atoms with Gasteiger partial charge in [0.05, 0.1) is 19.8 Å². The third-order valence-electron chi connectivity index (χ3n) is 3.89. The maximum atomic E-state index is 6.03. The summed E-state index contributed by atoms with van der Waals surface area (Å²) in [6, 6.07) is 3.92. The molecule has 3 nitrogen and oxygen atoms in total. The van der Waals surface area contributed by atoms with Crippen molar-refractivity contribution < 1.29 is 9.47 Å². The highest BCUT2D eigenvalue weighted by molar-refractivity contribution is 6.30. The minimum atomic E-state index is 0.780. The predicted molar refractivity (Wildman–Crippen MR) is 87.5 cm³/mol. The van der Waals surface area contributed by atoms with Crippen LogP contribution in [-0.2, 0) is 4.74 Å². The molecule has 1 aromatic carbocycles. The molecule has 4 heteroatoms. The zero-order valence-electron chi connectivity index (χ0n) is 13.2. The molecule has 1 saturated heterocycles. The number of unbranched alkanes of at least 4 members (excludes halogenated alkanes) is 2. The molecule has 2 rings (SSSR count). The molecule has 0 aromatic heterocycles. The van der Waals surface area contributed by atoms with Crippen molar-refractivity contribution in [3.8, 4) is 5.75 Å². The Balaban J connectivity index is 1.61. The highest BCUT2D eigenvalue weighted by Gasteiger charge is 2.09. The van der Waals surface area contributed by atoms with Gasteiger partial charge in [0, 0.05) is 18.1 Å². The first-order valence-corrected chi connectivity index (χ1v) is 8.24. The molecule has 1 fully saturated rings. The van der Waals surface area contributed by atoms with Crippen molar-refractivity contribution in [3.05, 3.63) is 28.3 Å². The number of hydrogen-bond donors (Lipinski definition) is 0. The first-order valence-electron chi connectivity index (χ1n) is 7.86. The molecule has 1 heterocycles. The van der Waals surface area contributed by atoms with Crippen molar-refractivity contribution in [2.24, 2.45) is 0 Å². The van der Waals surface area contributed by atoms with Crippen LogP contribution in [0.25, 0.3) is 0 Å². The van der Waals surface area contributed by atoms with Gasteiger partial charge in [-0.05, 0) is 62.9 Å². The van der Waals surface area contributed by atoms with E-state index in [1.807, 2.05) is 26.0 Å². The van der Waals surface area contributed by atoms with Gasteiger partial charge >= 0.3 is 0 Å². The zero-order chi connectivity index (χ0) is 15.1. The molecular formula is C17H26ClNO2. The van der Waals surface area contributed by atoms with Crippen molar-refractivity contribution >= 4 is 11.6 Å². The van der Waals surface area contributed by atoms with Crippen LogP contribution < -0.4 is 4.74 Å². The lowest BCUT2D eigenvalue weighted by Crippen LogP contribution is -2.36. The van der Waals surface area contributed by atoms with E-state index in [0.29, 0.717) is 0 Å². The lowest BCUT2D eigenvalue weighted by Gasteiger charge is -2.26. The summed E-state index contributed by atoms with van der Waals surface area (Å²) in [5.74, 6) is 0.993. The first-order chi connectivity index (χ1) is 10.2. The van der Waals surface area contributed by atoms with Gasteiger partial charge in [0.25, 0.3) is 0 Å². The fourth-order valence-corrected chi connectivity index (χ4v) is 3.07. The van der Waals surface area contributed by atoms with Gasteiger partial charge in [0.2, 0.25) is 0 Å². The molecule has 118 valence electrons. The normalized spacial score (nSPS) is 16.1. The van der Waals surface area contributed by atoms with Crippen molar-refractivity contribution in [1.82, 2.24) is 4.90 Å². The van der Waals surface area contributed by atoms with Gasteiger partial charge in [0.1, 0.15) is 5.75 Å². The quantitative estimate of drug-likeness (QED) is 0.714. The molecule has 0 saturated carbocycles. The third kappa shape index (κ3) is 5.50. The molecule has 0 N–H and O–H groups in total. The summed E-state index contributed by atoms with van der Waals surface area (Å²) in [5.41, 5.74) is 2.24. The van der Waals surface area contributed by atoms with Crippen molar-refractivity contribution in [3.63, 3.8) is 0 Å². The summed E-state index contributed by atoms with van der Waals surface area (Å²) >= 11 is 6.03. The Labute approximate surface area is 133 Å². The molecule has 0 spiro atoms. The number of hydrogen-bond acceptors (Lipinski definition) is 3. The molecule has 0 bridgehead atoms. The van der Waals surface area contributed by atoms with Crippen molar-refractivity contribution in [2.45, 2.75) is 33.1 Å². The van der Waals surface area contributed by atoms with Gasteiger partial charge in [-0.1, -0.05) is 11.6 Å². The molecular weight excluding hydrogens is 286 g/mol. The van der Waals surface area contributed by atoms with Gasteiger partial charge in [0.15, 0.2) is 0 Å². The van der Waals surface area contributed by atoms with E-state index < -0.39 is 0 Å². The highest BCUT2D eigenvalue weighted by atomic mass is 35.5. The zero-order valence-corrected chi connectivity index (χ0v) is 13.9. The summed E-state index contributed by atoms with van der Waals surface area (Å²) < 4.78 is 11.3. The average molecular weight is 312 g/mol. The minimum Gasteiger partial charge on any atom is -0.493 e. The van der Waals surface area contributed by atoms with Crippen LogP contribution in [0.3, 0.4) is 0 Å². The van der Waals surface area contributed by atoms with E-state index in [1.54, 1.807) is 0 Å². The number of halogens is 1. The van der Waals surface area contributed by atoms with E-state index in [0.717, 1.165) is 61.2 Å². The lowest BCUT2D eigenvalue weighted by molar-refractivity contribution is 0.0370. The van der Waals surface area contributed by atoms with Crippen LogP contribution >= 0.6 is 11.6 Å². The van der Waals surface area contributed by atoms with Crippen LogP contribution in [0.2, 0.25) is 5.02 Å². The minimum absolute atomic E-state index is 0.780. The van der Waals surface area contributed by atoms with Gasteiger partial charge in [-0.25, -0.2) is 0 Å². The molecule has 0 radical (unpaired) electrons. The van der Waals surface area contributed by atoms with Gasteiger partial charge in [-0.15, -0.1) is 0 Å². The van der Waals surface area contributed by atoms with Crippen LogP contribution in [-0.4, -0.2) is 44.4 Å². The SMILES string of the molecule is Cc1cc(Cl)cc(C)c1OCCCCCN1CCOCC1. The van der Waals surface area contributed by atoms with E-state index in [9.17, 15) is 0 Å². The average Bonchev–Trinajstić information content (AvgIpc) is 2.45. The topological polar surface area (TPSA) is 21.7 Å². The summed E-state index contributed by atoms with van der Waals surface area (Å²) in [7, 11) is 0. The predicted octanol–water partition coefficient (Wildman–Crippen LogP) is 3.84. The smallest absolute Gasteiger partial charge is 0.125 e. The molecule has 21 heavy (non-hydrogen) atoms. The second-order valence-corrected chi connectivity index (χ2v) is 6.17. The summed E-state index contributed by atoms with van der Waals surface area (Å²) in [6.07, 6.45) is 3.55. The summed E-state index contributed by atoms with van der Waals surface area (Å²) in [6.45, 7) is 10.0. The van der Waals surface area contributed by atoms with Crippen LogP contribution in [0.4, 0.5) is 0 Å². The number of morpholine rings is 1. The fourth-order valence-electron chi connectivity index (χ4n) is 2.74. The van der Waals surface area contributed by atoms with Crippen molar-refractivity contribution in [2.75, 3.05) is 39.5 Å². The van der Waals surface area contributed by atoms with E-state index in [1.165, 1.54) is 19.4 Å². The maximum absolute atomic E-state index is 6.03. The number of nitrogens with zero attached hydrogens (tertiary/aromatic N) is 1. The van der Waals surface area contributed by atoms with Crippen LogP contribution in [0.5, 0.6) is 5.75 Å².